The van der Waals surface area contributed by atoms with Crippen LogP contribution in [0, 0.1) is 11.3 Å². The maximum absolute atomic E-state index is 11.4. The van der Waals surface area contributed by atoms with Gasteiger partial charge in [-0.25, -0.2) is 4.79 Å². The smallest absolute Gasteiger partial charge is 0.314 e. The van der Waals surface area contributed by atoms with Gasteiger partial charge in [0.05, 0.1) is 0 Å². The van der Waals surface area contributed by atoms with Crippen LogP contribution in [0.15, 0.2) is 0 Å². The zero-order valence-corrected chi connectivity index (χ0v) is 11.9. The van der Waals surface area contributed by atoms with Crippen LogP contribution in [0.5, 0.6) is 0 Å². The average molecular weight is 253 g/mol. The van der Waals surface area contributed by atoms with Gasteiger partial charge in [-0.05, 0) is 37.0 Å². The number of nitrogens with one attached hydrogen (secondary N) is 1. The molecule has 0 spiro atoms. The van der Waals surface area contributed by atoms with Gasteiger partial charge in [0.2, 0.25) is 0 Å². The second kappa shape index (κ2) is 5.08. The van der Waals surface area contributed by atoms with E-state index in [2.05, 4.69) is 26.1 Å². The minimum Gasteiger partial charge on any atom is -0.351 e. The van der Waals surface area contributed by atoms with Gasteiger partial charge in [-0.15, -0.1) is 0 Å². The summed E-state index contributed by atoms with van der Waals surface area (Å²) in [5.41, 5.74) is 5.78. The van der Waals surface area contributed by atoms with Crippen LogP contribution >= 0.6 is 0 Å². The van der Waals surface area contributed by atoms with Gasteiger partial charge in [-0.2, -0.15) is 0 Å². The van der Waals surface area contributed by atoms with E-state index in [1.165, 1.54) is 19.3 Å². The Kier molecular flexibility index (Phi) is 3.85. The van der Waals surface area contributed by atoms with Crippen LogP contribution in [-0.4, -0.2) is 36.1 Å². The molecule has 1 aliphatic heterocycles. The first-order valence-electron chi connectivity index (χ1n) is 7.14. The molecule has 2 aliphatic rings. The van der Waals surface area contributed by atoms with Crippen LogP contribution in [0.25, 0.3) is 0 Å². The fraction of sp³-hybridized carbons (Fsp3) is 0.929. The van der Waals surface area contributed by atoms with Gasteiger partial charge < -0.3 is 16.0 Å². The molecule has 2 rings (SSSR count). The van der Waals surface area contributed by atoms with Crippen LogP contribution in [0.2, 0.25) is 0 Å². The van der Waals surface area contributed by atoms with Crippen molar-refractivity contribution in [3.8, 4) is 0 Å². The number of carbonyl (C=O) groups excluding carboxylic acids is 1. The molecule has 2 unspecified atom stereocenters. The maximum atomic E-state index is 11.4. The highest BCUT2D eigenvalue weighted by Gasteiger charge is 2.34. The predicted molar refractivity (Wildman–Crippen MR) is 73.3 cm³/mol. The van der Waals surface area contributed by atoms with E-state index in [9.17, 15) is 4.79 Å². The monoisotopic (exact) mass is 253 g/mol. The Bertz CT molecular complexity index is 307. The normalized spacial score (nSPS) is 29.4. The Morgan fingerprint density at radius 3 is 2.44 bits per heavy atom. The highest BCUT2D eigenvalue weighted by molar-refractivity contribution is 5.72. The van der Waals surface area contributed by atoms with Crippen molar-refractivity contribution >= 4 is 6.03 Å². The molecule has 1 heterocycles. The van der Waals surface area contributed by atoms with Gasteiger partial charge in [-0.1, -0.05) is 20.8 Å². The van der Waals surface area contributed by atoms with Crippen molar-refractivity contribution in [2.75, 3.05) is 13.1 Å². The van der Waals surface area contributed by atoms with E-state index in [1.807, 2.05) is 4.90 Å². The summed E-state index contributed by atoms with van der Waals surface area (Å²) in [5, 5.41) is 3.64. The average Bonchev–Trinajstić information content (AvgIpc) is 2.98. The molecule has 1 aliphatic carbocycles. The van der Waals surface area contributed by atoms with Gasteiger partial charge in [0.15, 0.2) is 0 Å². The molecule has 2 fully saturated rings. The minimum absolute atomic E-state index is 0.267. The SMILES string of the molecule is CC(C)(C)CC1CC(NC2CC2)CN(C(N)=O)C1. The van der Waals surface area contributed by atoms with Gasteiger partial charge in [-0.3, -0.25) is 0 Å². The van der Waals surface area contributed by atoms with E-state index < -0.39 is 0 Å². The summed E-state index contributed by atoms with van der Waals surface area (Å²) in [7, 11) is 0. The second-order valence-electron chi connectivity index (χ2n) is 7.25. The molecule has 0 aromatic heterocycles. The molecule has 0 bridgehead atoms. The molecule has 2 atom stereocenters. The molecule has 1 saturated heterocycles. The van der Waals surface area contributed by atoms with Gasteiger partial charge >= 0.3 is 6.03 Å². The van der Waals surface area contributed by atoms with E-state index in [4.69, 9.17) is 5.73 Å². The Hall–Kier alpha value is -0.770. The molecular formula is C14H27N3O. The van der Waals surface area contributed by atoms with Crippen molar-refractivity contribution in [3.63, 3.8) is 0 Å². The van der Waals surface area contributed by atoms with Crippen LogP contribution in [0.3, 0.4) is 0 Å². The molecular weight excluding hydrogens is 226 g/mol. The number of amides is 2. The van der Waals surface area contributed by atoms with Crippen LogP contribution in [0.4, 0.5) is 4.79 Å². The van der Waals surface area contributed by atoms with E-state index in [0.29, 0.717) is 23.4 Å². The number of rotatable bonds is 3. The largest absolute Gasteiger partial charge is 0.351 e. The molecule has 18 heavy (non-hydrogen) atoms. The third kappa shape index (κ3) is 4.16. The Labute approximate surface area is 110 Å². The number of hydrogen-bond acceptors (Lipinski definition) is 2. The second-order valence-corrected chi connectivity index (χ2v) is 7.25. The standard InChI is InChI=1S/C14H27N3O/c1-14(2,3)7-10-6-12(16-11-4-5-11)9-17(8-10)13(15)18/h10-12,16H,4-9H2,1-3H3,(H2,15,18). The number of urea groups is 1. The van der Waals surface area contributed by atoms with Gasteiger partial charge in [0.1, 0.15) is 0 Å². The molecule has 2 amide bonds. The first-order chi connectivity index (χ1) is 8.33. The van der Waals surface area contributed by atoms with Crippen molar-refractivity contribution < 1.29 is 4.79 Å². The van der Waals surface area contributed by atoms with Gasteiger partial charge in [0.25, 0.3) is 0 Å². The van der Waals surface area contributed by atoms with E-state index in [1.54, 1.807) is 0 Å². The predicted octanol–water partition coefficient (Wildman–Crippen LogP) is 1.94. The summed E-state index contributed by atoms with van der Waals surface area (Å²) in [6, 6.07) is 0.861. The highest BCUT2D eigenvalue weighted by atomic mass is 16.2. The lowest BCUT2D eigenvalue weighted by molar-refractivity contribution is 0.129. The van der Waals surface area contributed by atoms with Crippen molar-refractivity contribution in [3.05, 3.63) is 0 Å². The fourth-order valence-electron chi connectivity index (χ4n) is 3.10. The summed E-state index contributed by atoms with van der Waals surface area (Å²) in [6.07, 6.45) is 4.91. The number of carbonyl (C=O) groups is 1. The van der Waals surface area contributed by atoms with Crippen molar-refractivity contribution in [1.29, 1.82) is 0 Å². The van der Waals surface area contributed by atoms with Crippen molar-refractivity contribution in [1.82, 2.24) is 10.2 Å². The maximum Gasteiger partial charge on any atom is 0.314 e. The Morgan fingerprint density at radius 1 is 1.28 bits per heavy atom. The Balaban J connectivity index is 1.94. The summed E-state index contributed by atoms with van der Waals surface area (Å²) >= 11 is 0. The lowest BCUT2D eigenvalue weighted by Crippen LogP contribution is -2.53. The zero-order chi connectivity index (χ0) is 13.3. The topological polar surface area (TPSA) is 58.4 Å². The lowest BCUT2D eigenvalue weighted by atomic mass is 9.80. The molecule has 104 valence electrons. The molecule has 4 heteroatoms. The summed E-state index contributed by atoms with van der Waals surface area (Å²) in [4.78, 5) is 13.3. The van der Waals surface area contributed by atoms with Crippen molar-refractivity contribution in [2.45, 2.75) is 58.5 Å². The fourth-order valence-corrected chi connectivity index (χ4v) is 3.10. The minimum atomic E-state index is -0.267. The van der Waals surface area contributed by atoms with Gasteiger partial charge in [0, 0.05) is 25.2 Å². The first-order valence-corrected chi connectivity index (χ1v) is 7.14. The number of nitrogens with two attached hydrogens (primary N) is 1. The number of likely N-dealkylation sites (tertiary alicyclic amines) is 1. The quantitative estimate of drug-likeness (QED) is 0.807. The van der Waals surface area contributed by atoms with Crippen LogP contribution in [-0.2, 0) is 0 Å². The van der Waals surface area contributed by atoms with E-state index >= 15 is 0 Å². The van der Waals surface area contributed by atoms with E-state index in [0.717, 1.165) is 19.5 Å². The molecule has 3 N–H and O–H groups in total. The Morgan fingerprint density at radius 2 is 1.94 bits per heavy atom. The van der Waals surface area contributed by atoms with Crippen molar-refractivity contribution in [2.24, 2.45) is 17.1 Å². The molecule has 1 saturated carbocycles. The molecule has 0 aromatic rings. The third-order valence-electron chi connectivity index (χ3n) is 3.80. The lowest BCUT2D eigenvalue weighted by Gasteiger charge is -2.39. The third-order valence-corrected chi connectivity index (χ3v) is 3.80. The number of primary amides is 1. The van der Waals surface area contributed by atoms with Crippen LogP contribution < -0.4 is 11.1 Å². The van der Waals surface area contributed by atoms with E-state index in [-0.39, 0.29) is 6.03 Å². The summed E-state index contributed by atoms with van der Waals surface area (Å²) in [5.74, 6) is 0.572. The number of piperidine rings is 1. The number of hydrogen-bond donors (Lipinski definition) is 2. The number of nitrogens with zero attached hydrogens (tertiary/aromatic N) is 1. The first kappa shape index (κ1) is 13.7. The molecule has 0 aromatic carbocycles. The summed E-state index contributed by atoms with van der Waals surface area (Å²) < 4.78 is 0. The molecule has 4 nitrogen and oxygen atoms in total. The molecule has 0 radical (unpaired) electrons. The highest BCUT2D eigenvalue weighted by Crippen LogP contribution is 2.31. The summed E-state index contributed by atoms with van der Waals surface area (Å²) in [6.45, 7) is 8.40. The van der Waals surface area contributed by atoms with Crippen LogP contribution in [0.1, 0.15) is 46.5 Å². The zero-order valence-electron chi connectivity index (χ0n) is 11.9.